The summed E-state index contributed by atoms with van der Waals surface area (Å²) in [7, 11) is 0. The minimum absolute atomic E-state index is 0.0807. The molecule has 1 N–H and O–H groups in total. The summed E-state index contributed by atoms with van der Waals surface area (Å²) < 4.78 is 11.1. The lowest BCUT2D eigenvalue weighted by molar-refractivity contribution is -0.135. The number of aryl methyl sites for hydroxylation is 1. The first-order valence-electron chi connectivity index (χ1n) is 11.2. The maximum Gasteiger partial charge on any atom is 0.231 e. The average Bonchev–Trinajstić information content (AvgIpc) is 3.37. The van der Waals surface area contributed by atoms with Crippen molar-refractivity contribution in [2.24, 2.45) is 0 Å². The number of hydrogen-bond donors (Lipinski definition) is 1. The third kappa shape index (κ3) is 4.01. The van der Waals surface area contributed by atoms with E-state index in [9.17, 15) is 4.79 Å². The maximum atomic E-state index is 13.5. The van der Waals surface area contributed by atoms with E-state index in [1.165, 1.54) is 10.9 Å². The fourth-order valence-electron chi connectivity index (χ4n) is 4.81. The second-order valence-electron chi connectivity index (χ2n) is 8.80. The number of ether oxygens (including phenoxy) is 2. The van der Waals surface area contributed by atoms with Crippen LogP contribution in [0.25, 0.3) is 10.9 Å². The van der Waals surface area contributed by atoms with Crippen LogP contribution in [0.2, 0.25) is 0 Å². The highest BCUT2D eigenvalue weighted by Gasteiger charge is 2.28. The second kappa shape index (κ2) is 8.66. The van der Waals surface area contributed by atoms with Crippen LogP contribution in [-0.2, 0) is 11.2 Å². The van der Waals surface area contributed by atoms with Gasteiger partial charge in [0.1, 0.15) is 0 Å². The molecule has 0 radical (unpaired) electrons. The Kier molecular flexibility index (Phi) is 5.94. The summed E-state index contributed by atoms with van der Waals surface area (Å²) in [5, 5.41) is 1.18. The molecule has 1 amide bonds. The van der Waals surface area contributed by atoms with Crippen LogP contribution in [0.3, 0.4) is 0 Å². The summed E-state index contributed by atoms with van der Waals surface area (Å²) in [5.41, 5.74) is 4.64. The van der Waals surface area contributed by atoms with Gasteiger partial charge in [0.25, 0.3) is 0 Å². The van der Waals surface area contributed by atoms with Crippen molar-refractivity contribution in [3.63, 3.8) is 0 Å². The van der Waals surface area contributed by atoms with Gasteiger partial charge in [-0.25, -0.2) is 0 Å². The topological polar surface area (TPSA) is 54.6 Å². The van der Waals surface area contributed by atoms with Gasteiger partial charge in [-0.05, 0) is 62.9 Å². The Labute approximate surface area is 184 Å². The van der Waals surface area contributed by atoms with Gasteiger partial charge < -0.3 is 19.4 Å². The van der Waals surface area contributed by atoms with E-state index in [2.05, 4.69) is 70.1 Å². The Morgan fingerprint density at radius 1 is 1.06 bits per heavy atom. The van der Waals surface area contributed by atoms with E-state index >= 15 is 0 Å². The molecule has 164 valence electrons. The summed E-state index contributed by atoms with van der Waals surface area (Å²) in [6, 6.07) is 12.7. The van der Waals surface area contributed by atoms with E-state index in [1.54, 1.807) is 0 Å². The van der Waals surface area contributed by atoms with Crippen molar-refractivity contribution in [2.45, 2.75) is 65.5 Å². The number of benzene rings is 2. The first-order chi connectivity index (χ1) is 14.9. The van der Waals surface area contributed by atoms with Crippen molar-refractivity contribution >= 4 is 16.8 Å². The molecule has 2 heterocycles. The first-order valence-corrected chi connectivity index (χ1v) is 11.2. The summed E-state index contributed by atoms with van der Waals surface area (Å²) in [4.78, 5) is 18.9. The highest BCUT2D eigenvalue weighted by Crippen LogP contribution is 2.40. The van der Waals surface area contributed by atoms with Crippen LogP contribution >= 0.6 is 0 Å². The zero-order valence-corrected chi connectivity index (χ0v) is 19.1. The molecule has 31 heavy (non-hydrogen) atoms. The number of amides is 1. The van der Waals surface area contributed by atoms with E-state index < -0.39 is 0 Å². The summed E-state index contributed by atoms with van der Waals surface area (Å²) in [5.74, 6) is 1.58. The maximum absolute atomic E-state index is 13.5. The molecule has 1 unspecified atom stereocenters. The molecule has 0 saturated heterocycles. The zero-order valence-electron chi connectivity index (χ0n) is 19.1. The lowest BCUT2D eigenvalue weighted by Gasteiger charge is -2.32. The van der Waals surface area contributed by atoms with Gasteiger partial charge >= 0.3 is 0 Å². The van der Waals surface area contributed by atoms with Gasteiger partial charge in [0.05, 0.1) is 0 Å². The van der Waals surface area contributed by atoms with E-state index in [0.717, 1.165) is 34.6 Å². The van der Waals surface area contributed by atoms with Gasteiger partial charge in [-0.3, -0.25) is 4.79 Å². The molecular formula is C26H32N2O3. The fourth-order valence-corrected chi connectivity index (χ4v) is 4.81. The van der Waals surface area contributed by atoms with Crippen LogP contribution in [0, 0.1) is 0 Å². The van der Waals surface area contributed by atoms with Crippen molar-refractivity contribution < 1.29 is 14.3 Å². The zero-order chi connectivity index (χ0) is 22.1. The lowest BCUT2D eigenvalue weighted by atomic mass is 9.87. The molecule has 0 fully saturated rings. The molecule has 3 aromatic rings. The van der Waals surface area contributed by atoms with Crippen molar-refractivity contribution in [2.75, 3.05) is 6.79 Å². The number of nitrogens with zero attached hydrogens (tertiary/aromatic N) is 1. The van der Waals surface area contributed by atoms with Crippen LogP contribution in [-0.4, -0.2) is 34.7 Å². The van der Waals surface area contributed by atoms with Crippen LogP contribution in [0.1, 0.15) is 63.6 Å². The Balaban J connectivity index is 1.79. The number of hydrogen-bond acceptors (Lipinski definition) is 3. The minimum Gasteiger partial charge on any atom is -0.454 e. The van der Waals surface area contributed by atoms with Gasteiger partial charge in [0.15, 0.2) is 11.5 Å². The SMILES string of the molecule is CCc1cccc2c(C(CC(=O)N(C(C)C)C(C)C)c3ccc4c(c3)OCO4)c[nH]c12. The van der Waals surface area contributed by atoms with Crippen molar-refractivity contribution in [3.05, 3.63) is 59.3 Å². The number of H-pyrrole nitrogens is 1. The summed E-state index contributed by atoms with van der Waals surface area (Å²) >= 11 is 0. The number of carbonyl (C=O) groups is 1. The molecule has 0 spiro atoms. The molecule has 1 aliphatic heterocycles. The third-order valence-electron chi connectivity index (χ3n) is 6.17. The van der Waals surface area contributed by atoms with Crippen LogP contribution in [0.5, 0.6) is 11.5 Å². The Bertz CT molecular complexity index is 1080. The Morgan fingerprint density at radius 3 is 2.52 bits per heavy atom. The Morgan fingerprint density at radius 2 is 1.81 bits per heavy atom. The van der Waals surface area contributed by atoms with Crippen molar-refractivity contribution in [1.29, 1.82) is 0 Å². The molecule has 4 rings (SSSR count). The van der Waals surface area contributed by atoms with E-state index in [4.69, 9.17) is 9.47 Å². The van der Waals surface area contributed by atoms with Crippen molar-refractivity contribution in [1.82, 2.24) is 9.88 Å². The van der Waals surface area contributed by atoms with Gasteiger partial charge in [-0.15, -0.1) is 0 Å². The highest BCUT2D eigenvalue weighted by molar-refractivity contribution is 5.88. The van der Waals surface area contributed by atoms with Gasteiger partial charge in [-0.1, -0.05) is 31.2 Å². The molecule has 0 saturated carbocycles. The molecule has 1 aromatic heterocycles. The van der Waals surface area contributed by atoms with Crippen molar-refractivity contribution in [3.8, 4) is 11.5 Å². The smallest absolute Gasteiger partial charge is 0.231 e. The molecule has 2 aromatic carbocycles. The molecule has 1 aliphatic rings. The first kappa shape index (κ1) is 21.3. The van der Waals surface area contributed by atoms with Gasteiger partial charge in [-0.2, -0.15) is 0 Å². The van der Waals surface area contributed by atoms with Crippen LogP contribution in [0.15, 0.2) is 42.6 Å². The summed E-state index contributed by atoms with van der Waals surface area (Å²) in [6.45, 7) is 10.7. The molecule has 5 heteroatoms. The minimum atomic E-state index is -0.0807. The Hall–Kier alpha value is -2.95. The molecule has 1 atom stereocenters. The predicted molar refractivity (Wildman–Crippen MR) is 124 cm³/mol. The third-order valence-corrected chi connectivity index (χ3v) is 6.17. The number of nitrogens with one attached hydrogen (secondary N) is 1. The lowest BCUT2D eigenvalue weighted by Crippen LogP contribution is -2.42. The molecular weight excluding hydrogens is 388 g/mol. The number of para-hydroxylation sites is 1. The standard InChI is InChI=1S/C26H32N2O3/c1-6-18-8-7-9-20-22(14-27-26(18)20)21(13-25(29)28(16(2)3)17(4)5)19-10-11-23-24(12-19)31-15-30-23/h7-12,14,16-17,21,27H,6,13,15H2,1-5H3. The quantitative estimate of drug-likeness (QED) is 0.539. The molecule has 5 nitrogen and oxygen atoms in total. The largest absolute Gasteiger partial charge is 0.454 e. The van der Waals surface area contributed by atoms with Gasteiger partial charge in [0.2, 0.25) is 12.7 Å². The number of aromatic nitrogens is 1. The fraction of sp³-hybridized carbons (Fsp3) is 0.423. The molecule has 0 aliphatic carbocycles. The van der Waals surface area contributed by atoms with E-state index in [-0.39, 0.29) is 30.7 Å². The van der Waals surface area contributed by atoms with Gasteiger partial charge in [0, 0.05) is 41.5 Å². The second-order valence-corrected chi connectivity index (χ2v) is 8.80. The van der Waals surface area contributed by atoms with Crippen LogP contribution < -0.4 is 9.47 Å². The monoisotopic (exact) mass is 420 g/mol. The number of carbonyl (C=O) groups excluding carboxylic acids is 1. The number of fused-ring (bicyclic) bond motifs is 2. The predicted octanol–water partition coefficient (Wildman–Crippen LogP) is 5.63. The normalized spacial score (nSPS) is 13.9. The number of aromatic amines is 1. The van der Waals surface area contributed by atoms with E-state index in [0.29, 0.717) is 6.42 Å². The summed E-state index contributed by atoms with van der Waals surface area (Å²) in [6.07, 6.45) is 3.43. The average molecular weight is 421 g/mol. The van der Waals surface area contributed by atoms with Crippen LogP contribution in [0.4, 0.5) is 0 Å². The number of rotatable bonds is 7. The van der Waals surface area contributed by atoms with E-state index in [1.807, 2.05) is 17.0 Å². The molecule has 0 bridgehead atoms. The highest BCUT2D eigenvalue weighted by atomic mass is 16.7.